The smallest absolute Gasteiger partial charge is 0.151 e. The predicted molar refractivity (Wildman–Crippen MR) is 44.3 cm³/mol. The third-order valence-electron chi connectivity index (χ3n) is 1.15. The van der Waals surface area contributed by atoms with Gasteiger partial charge in [-0.1, -0.05) is 0 Å². The lowest BCUT2D eigenvalue weighted by molar-refractivity contribution is -0.127. The van der Waals surface area contributed by atoms with Crippen LogP contribution in [0.1, 0.15) is 0 Å². The molecule has 0 spiro atoms. The van der Waals surface area contributed by atoms with Crippen LogP contribution in [-0.4, -0.2) is 69.6 Å². The van der Waals surface area contributed by atoms with Crippen LogP contribution in [0.15, 0.2) is 0 Å². The third-order valence-corrected chi connectivity index (χ3v) is 1.15. The zero-order chi connectivity index (χ0) is 11.6. The second-order valence-electron chi connectivity index (χ2n) is 2.22. The van der Waals surface area contributed by atoms with Crippen LogP contribution >= 0.6 is 0 Å². The molecule has 0 bridgehead atoms. The van der Waals surface area contributed by atoms with Gasteiger partial charge in [0.15, 0.2) is 6.29 Å². The molecule has 0 saturated heterocycles. The van der Waals surface area contributed by atoms with Crippen molar-refractivity contribution in [3.8, 4) is 0 Å². The lowest BCUT2D eigenvalue weighted by Gasteiger charge is -2.16. The largest absolute Gasteiger partial charge is 0.394 e. The maximum atomic E-state index is 9.76. The van der Waals surface area contributed by atoms with Crippen LogP contribution in [0.5, 0.6) is 0 Å². The summed E-state index contributed by atoms with van der Waals surface area (Å²) >= 11 is 0. The highest BCUT2D eigenvalue weighted by Gasteiger charge is 2.22. The molecule has 5 N–H and O–H groups in total. The topological polar surface area (TPSA) is 135 Å². The number of carbonyl (C=O) groups excluding carboxylic acids is 2. The minimum absolute atomic E-state index is 0.0869. The van der Waals surface area contributed by atoms with E-state index in [-0.39, 0.29) is 12.9 Å². The number of carbonyl (C=O) groups is 2. The second kappa shape index (κ2) is 10.2. The minimum Gasteiger partial charge on any atom is -0.394 e. The molecule has 7 heteroatoms. The second-order valence-corrected chi connectivity index (χ2v) is 2.22. The van der Waals surface area contributed by atoms with Gasteiger partial charge in [0.05, 0.1) is 13.2 Å². The average molecular weight is 210 g/mol. The number of rotatable bonds is 5. The van der Waals surface area contributed by atoms with Gasteiger partial charge in [0.25, 0.3) is 0 Å². The Morgan fingerprint density at radius 2 is 1.50 bits per heavy atom. The highest BCUT2D eigenvalue weighted by molar-refractivity contribution is 5.56. The Labute approximate surface area is 80.2 Å². The van der Waals surface area contributed by atoms with E-state index in [2.05, 4.69) is 0 Å². The molecule has 0 aromatic carbocycles. The van der Waals surface area contributed by atoms with Crippen LogP contribution in [0.2, 0.25) is 0 Å². The molecule has 0 amide bonds. The van der Waals surface area contributed by atoms with E-state index in [9.17, 15) is 4.79 Å². The van der Waals surface area contributed by atoms with Gasteiger partial charge >= 0.3 is 0 Å². The molecule has 0 aliphatic heterocycles. The third kappa shape index (κ3) is 7.77. The quantitative estimate of drug-likeness (QED) is 0.296. The van der Waals surface area contributed by atoms with Crippen molar-refractivity contribution in [2.75, 3.05) is 13.2 Å². The number of aliphatic hydroxyl groups excluding tert-OH is 5. The Kier molecular flexibility index (Phi) is 11.4. The summed E-state index contributed by atoms with van der Waals surface area (Å²) < 4.78 is 0. The van der Waals surface area contributed by atoms with E-state index >= 15 is 0 Å². The van der Waals surface area contributed by atoms with Crippen LogP contribution in [0.4, 0.5) is 0 Å². The first-order valence-corrected chi connectivity index (χ1v) is 3.69. The SMILES string of the molecule is O=CCO.O=C[C@H](O)[C@H](O)[C@H](O)CO. The predicted octanol–water partition coefficient (Wildman–Crippen LogP) is -3.56. The van der Waals surface area contributed by atoms with Crippen molar-refractivity contribution in [1.82, 2.24) is 0 Å². The van der Waals surface area contributed by atoms with Crippen molar-refractivity contribution in [3.63, 3.8) is 0 Å². The molecule has 0 heterocycles. The molecule has 14 heavy (non-hydrogen) atoms. The first kappa shape index (κ1) is 15.6. The Morgan fingerprint density at radius 1 is 1.07 bits per heavy atom. The Bertz CT molecular complexity index is 149. The fourth-order valence-corrected chi connectivity index (χ4v) is 0.416. The zero-order valence-electron chi connectivity index (χ0n) is 7.35. The number of hydrogen-bond acceptors (Lipinski definition) is 7. The Morgan fingerprint density at radius 3 is 1.71 bits per heavy atom. The van der Waals surface area contributed by atoms with Gasteiger partial charge in [-0.05, 0) is 0 Å². The van der Waals surface area contributed by atoms with Gasteiger partial charge in [-0.3, -0.25) is 0 Å². The molecule has 84 valence electrons. The van der Waals surface area contributed by atoms with E-state index in [4.69, 9.17) is 30.3 Å². The monoisotopic (exact) mass is 210 g/mol. The van der Waals surface area contributed by atoms with Crippen LogP contribution < -0.4 is 0 Å². The van der Waals surface area contributed by atoms with Crippen LogP contribution in [0, 0.1) is 0 Å². The van der Waals surface area contributed by atoms with Crippen LogP contribution in [0.3, 0.4) is 0 Å². The summed E-state index contributed by atoms with van der Waals surface area (Å²) in [5.74, 6) is 0. The van der Waals surface area contributed by atoms with Crippen molar-refractivity contribution in [2.24, 2.45) is 0 Å². The van der Waals surface area contributed by atoms with E-state index in [0.717, 1.165) is 0 Å². The average Bonchev–Trinajstić information content (AvgIpc) is 2.26. The molecule has 0 aromatic heterocycles. The fraction of sp³-hybridized carbons (Fsp3) is 0.714. The minimum atomic E-state index is -1.64. The van der Waals surface area contributed by atoms with Gasteiger partial charge < -0.3 is 35.1 Å². The lowest BCUT2D eigenvalue weighted by atomic mass is 10.1. The van der Waals surface area contributed by atoms with Crippen molar-refractivity contribution in [2.45, 2.75) is 18.3 Å². The van der Waals surface area contributed by atoms with Crippen molar-refractivity contribution < 1.29 is 35.1 Å². The standard InChI is InChI=1S/C5H10O5.C2H4O2/c6-1-3(8)5(10)4(9)2-7;3-1-2-4/h1,3-5,7-10H,2H2;1,4H,2H2/t3-,4+,5-;/m0./s1. The molecule has 0 fully saturated rings. The van der Waals surface area contributed by atoms with Crippen molar-refractivity contribution in [1.29, 1.82) is 0 Å². The van der Waals surface area contributed by atoms with Crippen molar-refractivity contribution in [3.05, 3.63) is 0 Å². The van der Waals surface area contributed by atoms with Gasteiger partial charge in [-0.15, -0.1) is 0 Å². The fourth-order valence-electron chi connectivity index (χ4n) is 0.416. The molecule has 0 saturated carbocycles. The van der Waals surface area contributed by atoms with Gasteiger partial charge in [-0.25, -0.2) is 0 Å². The maximum Gasteiger partial charge on any atom is 0.151 e. The van der Waals surface area contributed by atoms with Crippen LogP contribution in [0.25, 0.3) is 0 Å². The molecular weight excluding hydrogens is 196 g/mol. The van der Waals surface area contributed by atoms with Crippen molar-refractivity contribution >= 4 is 12.6 Å². The number of hydrogen-bond donors (Lipinski definition) is 5. The normalized spacial score (nSPS) is 15.8. The van der Waals surface area contributed by atoms with E-state index in [1.165, 1.54) is 0 Å². The Hall–Kier alpha value is -0.860. The maximum absolute atomic E-state index is 9.76. The summed E-state index contributed by atoms with van der Waals surface area (Å²) in [6.07, 6.45) is -4.20. The first-order valence-electron chi connectivity index (χ1n) is 3.69. The molecule has 0 aliphatic carbocycles. The number of aliphatic hydroxyl groups is 5. The molecule has 0 rings (SSSR count). The van der Waals surface area contributed by atoms with Gasteiger partial charge in [0, 0.05) is 0 Å². The van der Waals surface area contributed by atoms with Gasteiger partial charge in [-0.2, -0.15) is 0 Å². The Balaban J connectivity index is 0. The van der Waals surface area contributed by atoms with E-state index < -0.39 is 24.9 Å². The summed E-state index contributed by atoms with van der Waals surface area (Å²) in [5.41, 5.74) is 0. The molecule has 3 atom stereocenters. The van der Waals surface area contributed by atoms with E-state index in [0.29, 0.717) is 6.29 Å². The zero-order valence-corrected chi connectivity index (χ0v) is 7.35. The summed E-state index contributed by atoms with van der Waals surface area (Å²) in [5, 5.41) is 41.6. The lowest BCUT2D eigenvalue weighted by Crippen LogP contribution is -2.40. The molecule has 0 radical (unpaired) electrons. The van der Waals surface area contributed by atoms with Gasteiger partial charge in [0.1, 0.15) is 24.6 Å². The first-order chi connectivity index (χ1) is 6.54. The summed E-state index contributed by atoms with van der Waals surface area (Å²) in [7, 11) is 0. The highest BCUT2D eigenvalue weighted by Crippen LogP contribution is 1.96. The molecular formula is C7H14O7. The molecule has 0 aliphatic rings. The molecule has 0 unspecified atom stereocenters. The summed E-state index contributed by atoms with van der Waals surface area (Å²) in [4.78, 5) is 18.7. The van der Waals surface area contributed by atoms with Crippen LogP contribution in [-0.2, 0) is 9.59 Å². The molecule has 0 aromatic rings. The summed E-state index contributed by atoms with van der Waals surface area (Å²) in [6.45, 7) is -1.05. The molecule has 7 nitrogen and oxygen atoms in total. The highest BCUT2D eigenvalue weighted by atomic mass is 16.4. The number of aldehydes is 2. The summed E-state index contributed by atoms with van der Waals surface area (Å²) in [6, 6.07) is 0. The van der Waals surface area contributed by atoms with E-state index in [1.807, 2.05) is 0 Å². The van der Waals surface area contributed by atoms with E-state index in [1.54, 1.807) is 0 Å². The van der Waals surface area contributed by atoms with Gasteiger partial charge in [0.2, 0.25) is 0 Å².